The van der Waals surface area contributed by atoms with E-state index in [0.717, 1.165) is 11.1 Å². The quantitative estimate of drug-likeness (QED) is 0.761. The Kier molecular flexibility index (Phi) is 4.86. The van der Waals surface area contributed by atoms with Crippen LogP contribution < -0.4 is 0 Å². The molecule has 2 fully saturated rings. The molecule has 0 radical (unpaired) electrons. The van der Waals surface area contributed by atoms with E-state index in [-0.39, 0.29) is 30.9 Å². The van der Waals surface area contributed by atoms with Gasteiger partial charge in [-0.2, -0.15) is 0 Å². The topological polar surface area (TPSA) is 66.9 Å². The number of carbonyl (C=O) groups is 3. The molecule has 2 aromatic rings. The number of fused-ring (bicyclic) bond motifs is 1. The number of likely N-dealkylation sites (N-methyl/N-ethyl adjacent to an activating group) is 1. The van der Waals surface area contributed by atoms with Gasteiger partial charge in [-0.1, -0.05) is 60.7 Å². The standard InChI is InChI=1S/C22H22N2O4/c1-23-14-19(25)24-13-17(12-18(24)21(23)26)28-22(27)20(15-8-4-2-5-9-15)16-10-6-3-7-11-16/h2-11,17-18,20H,12-14H2,1H3/t17-,18+/m1/s1. The van der Waals surface area contributed by atoms with Gasteiger partial charge in [0.2, 0.25) is 11.8 Å². The minimum atomic E-state index is -0.547. The number of amides is 2. The molecule has 0 saturated carbocycles. The van der Waals surface area contributed by atoms with E-state index in [4.69, 9.17) is 4.74 Å². The fourth-order valence-corrected chi connectivity index (χ4v) is 4.01. The maximum absolute atomic E-state index is 13.1. The van der Waals surface area contributed by atoms with Crippen molar-refractivity contribution in [2.45, 2.75) is 24.5 Å². The van der Waals surface area contributed by atoms with E-state index in [0.29, 0.717) is 6.42 Å². The van der Waals surface area contributed by atoms with Gasteiger partial charge in [0.1, 0.15) is 18.1 Å². The second kappa shape index (κ2) is 7.46. The summed E-state index contributed by atoms with van der Waals surface area (Å²) in [7, 11) is 1.62. The zero-order chi connectivity index (χ0) is 19.7. The predicted octanol–water partition coefficient (Wildman–Crippen LogP) is 1.80. The van der Waals surface area contributed by atoms with Crippen LogP contribution in [-0.4, -0.2) is 59.9 Å². The highest BCUT2D eigenvalue weighted by atomic mass is 16.5. The van der Waals surface area contributed by atoms with Crippen molar-refractivity contribution in [3.8, 4) is 0 Å². The summed E-state index contributed by atoms with van der Waals surface area (Å²) in [6.45, 7) is 0.345. The lowest BCUT2D eigenvalue weighted by atomic mass is 9.91. The summed E-state index contributed by atoms with van der Waals surface area (Å²) in [4.78, 5) is 40.7. The van der Waals surface area contributed by atoms with Gasteiger partial charge in [0.05, 0.1) is 13.1 Å². The first kappa shape index (κ1) is 18.2. The maximum Gasteiger partial charge on any atom is 0.318 e. The van der Waals surface area contributed by atoms with Crippen LogP contribution in [0, 0.1) is 0 Å². The molecule has 2 aromatic carbocycles. The summed E-state index contributed by atoms with van der Waals surface area (Å²) in [5, 5.41) is 0. The molecule has 0 aromatic heterocycles. The van der Waals surface area contributed by atoms with Gasteiger partial charge in [-0.25, -0.2) is 0 Å². The van der Waals surface area contributed by atoms with E-state index in [1.807, 2.05) is 60.7 Å². The van der Waals surface area contributed by atoms with E-state index in [9.17, 15) is 14.4 Å². The number of benzene rings is 2. The van der Waals surface area contributed by atoms with Gasteiger partial charge < -0.3 is 14.5 Å². The minimum Gasteiger partial charge on any atom is -0.460 e. The smallest absolute Gasteiger partial charge is 0.318 e. The van der Waals surface area contributed by atoms with Gasteiger partial charge in [0.25, 0.3) is 0 Å². The lowest BCUT2D eigenvalue weighted by Gasteiger charge is -2.33. The first-order valence-corrected chi connectivity index (χ1v) is 9.39. The van der Waals surface area contributed by atoms with E-state index >= 15 is 0 Å². The third-order valence-corrected chi connectivity index (χ3v) is 5.40. The summed E-state index contributed by atoms with van der Waals surface area (Å²) in [5.74, 6) is -1.11. The molecule has 0 bridgehead atoms. The van der Waals surface area contributed by atoms with Crippen LogP contribution >= 0.6 is 0 Å². The van der Waals surface area contributed by atoms with Crippen molar-refractivity contribution in [3.05, 3.63) is 71.8 Å². The van der Waals surface area contributed by atoms with Crippen LogP contribution in [0.15, 0.2) is 60.7 Å². The third kappa shape index (κ3) is 3.38. The number of hydrogen-bond acceptors (Lipinski definition) is 4. The van der Waals surface area contributed by atoms with E-state index in [1.54, 1.807) is 11.9 Å². The molecule has 0 N–H and O–H groups in total. The molecular formula is C22H22N2O4. The molecule has 2 aliphatic heterocycles. The van der Waals surface area contributed by atoms with E-state index in [2.05, 4.69) is 0 Å². The van der Waals surface area contributed by atoms with Gasteiger partial charge in [-0.3, -0.25) is 14.4 Å². The Hall–Kier alpha value is -3.15. The van der Waals surface area contributed by atoms with Crippen molar-refractivity contribution in [2.75, 3.05) is 20.1 Å². The second-order valence-corrected chi connectivity index (χ2v) is 7.31. The zero-order valence-corrected chi connectivity index (χ0v) is 15.7. The van der Waals surface area contributed by atoms with Crippen molar-refractivity contribution in [2.24, 2.45) is 0 Å². The Morgan fingerprint density at radius 1 is 1.00 bits per heavy atom. The molecule has 0 unspecified atom stereocenters. The first-order chi connectivity index (χ1) is 13.5. The van der Waals surface area contributed by atoms with Crippen LogP contribution in [0.4, 0.5) is 0 Å². The number of esters is 1. The van der Waals surface area contributed by atoms with Crippen molar-refractivity contribution in [3.63, 3.8) is 0 Å². The maximum atomic E-state index is 13.1. The molecule has 0 aliphatic carbocycles. The molecule has 2 heterocycles. The van der Waals surface area contributed by atoms with Crippen molar-refractivity contribution >= 4 is 17.8 Å². The zero-order valence-electron chi connectivity index (χ0n) is 15.7. The summed E-state index contributed by atoms with van der Waals surface area (Å²) in [6.07, 6.45) is -0.136. The van der Waals surface area contributed by atoms with E-state index in [1.165, 1.54) is 4.90 Å². The number of ether oxygens (including phenoxy) is 1. The average Bonchev–Trinajstić information content (AvgIpc) is 3.12. The molecule has 28 heavy (non-hydrogen) atoms. The molecule has 2 atom stereocenters. The summed E-state index contributed by atoms with van der Waals surface area (Å²) in [6, 6.07) is 18.4. The highest BCUT2D eigenvalue weighted by Crippen LogP contribution is 2.30. The molecular weight excluding hydrogens is 356 g/mol. The van der Waals surface area contributed by atoms with Crippen molar-refractivity contribution in [1.82, 2.24) is 9.80 Å². The molecule has 2 amide bonds. The van der Waals surface area contributed by atoms with Crippen LogP contribution in [0.3, 0.4) is 0 Å². The second-order valence-electron chi connectivity index (χ2n) is 7.31. The Morgan fingerprint density at radius 2 is 1.57 bits per heavy atom. The fourth-order valence-electron chi connectivity index (χ4n) is 4.01. The third-order valence-electron chi connectivity index (χ3n) is 5.40. The van der Waals surface area contributed by atoms with Gasteiger partial charge in [-0.15, -0.1) is 0 Å². The molecule has 0 spiro atoms. The molecule has 144 valence electrons. The average molecular weight is 378 g/mol. The van der Waals surface area contributed by atoms with Crippen LogP contribution in [0.5, 0.6) is 0 Å². The van der Waals surface area contributed by atoms with Crippen molar-refractivity contribution in [1.29, 1.82) is 0 Å². The number of carbonyl (C=O) groups excluding carboxylic acids is 3. The fraction of sp³-hybridized carbons (Fsp3) is 0.318. The van der Waals surface area contributed by atoms with Gasteiger partial charge in [-0.05, 0) is 11.1 Å². The largest absolute Gasteiger partial charge is 0.460 e. The van der Waals surface area contributed by atoms with Crippen LogP contribution in [0.2, 0.25) is 0 Å². The SMILES string of the molecule is CN1CC(=O)N2C[C@H](OC(=O)C(c3ccccc3)c3ccccc3)C[C@H]2C1=O. The van der Waals surface area contributed by atoms with Crippen LogP contribution in [-0.2, 0) is 19.1 Å². The Morgan fingerprint density at radius 3 is 2.14 bits per heavy atom. The van der Waals surface area contributed by atoms with E-state index < -0.39 is 18.1 Å². The van der Waals surface area contributed by atoms with Crippen LogP contribution in [0.1, 0.15) is 23.5 Å². The molecule has 2 aliphatic rings. The van der Waals surface area contributed by atoms with Crippen LogP contribution in [0.25, 0.3) is 0 Å². The summed E-state index contributed by atoms with van der Waals surface area (Å²) in [5.41, 5.74) is 1.70. The van der Waals surface area contributed by atoms with Gasteiger partial charge in [0, 0.05) is 13.5 Å². The van der Waals surface area contributed by atoms with Gasteiger partial charge >= 0.3 is 5.97 Å². The monoisotopic (exact) mass is 378 g/mol. The molecule has 2 saturated heterocycles. The number of rotatable bonds is 4. The first-order valence-electron chi connectivity index (χ1n) is 9.39. The van der Waals surface area contributed by atoms with Crippen molar-refractivity contribution < 1.29 is 19.1 Å². The number of piperazine rings is 1. The Bertz CT molecular complexity index is 844. The number of hydrogen-bond donors (Lipinski definition) is 0. The summed E-state index contributed by atoms with van der Waals surface area (Å²) >= 11 is 0. The normalized spacial score (nSPS) is 21.8. The lowest BCUT2D eigenvalue weighted by Crippen LogP contribution is -2.55. The molecule has 4 rings (SSSR count). The minimum absolute atomic E-state index is 0.0760. The predicted molar refractivity (Wildman–Crippen MR) is 102 cm³/mol. The summed E-state index contributed by atoms with van der Waals surface area (Å²) < 4.78 is 5.80. The Balaban J connectivity index is 1.54. The highest BCUT2D eigenvalue weighted by Gasteiger charge is 2.46. The Labute approximate surface area is 163 Å². The molecule has 6 heteroatoms. The highest BCUT2D eigenvalue weighted by molar-refractivity contribution is 5.95. The molecule has 6 nitrogen and oxygen atoms in total. The van der Waals surface area contributed by atoms with Gasteiger partial charge in [0.15, 0.2) is 0 Å². The number of nitrogens with zero attached hydrogens (tertiary/aromatic N) is 2. The lowest BCUT2D eigenvalue weighted by molar-refractivity contribution is -0.152.